The lowest BCUT2D eigenvalue weighted by atomic mass is 10.2. The van der Waals surface area contributed by atoms with E-state index in [2.05, 4.69) is 29.1 Å². The van der Waals surface area contributed by atoms with Crippen molar-refractivity contribution in [1.29, 1.82) is 0 Å². The third kappa shape index (κ3) is 4.54. The SMILES string of the molecule is CC(C)N1CCOC(Cn2cc(CCCCN)nn2)C1. The maximum Gasteiger partial charge on any atom is 0.0898 e. The van der Waals surface area contributed by atoms with E-state index >= 15 is 0 Å². The molecule has 0 bridgehead atoms. The van der Waals surface area contributed by atoms with Crippen molar-refractivity contribution >= 4 is 0 Å². The fraction of sp³-hybridized carbons (Fsp3) is 0.857. The Hall–Kier alpha value is -0.980. The zero-order valence-electron chi connectivity index (χ0n) is 12.7. The molecule has 2 heterocycles. The van der Waals surface area contributed by atoms with Crippen LogP contribution >= 0.6 is 0 Å². The summed E-state index contributed by atoms with van der Waals surface area (Å²) >= 11 is 0. The van der Waals surface area contributed by atoms with Crippen LogP contribution in [0.25, 0.3) is 0 Å². The van der Waals surface area contributed by atoms with Crippen LogP contribution in [0.4, 0.5) is 0 Å². The molecule has 1 aliphatic rings. The topological polar surface area (TPSA) is 69.2 Å². The first-order valence-corrected chi connectivity index (χ1v) is 7.63. The minimum Gasteiger partial charge on any atom is -0.374 e. The van der Waals surface area contributed by atoms with Crippen LogP contribution in [0.2, 0.25) is 0 Å². The number of ether oxygens (including phenoxy) is 1. The zero-order chi connectivity index (χ0) is 14.4. The second-order valence-corrected chi connectivity index (χ2v) is 5.76. The molecule has 6 nitrogen and oxygen atoms in total. The van der Waals surface area contributed by atoms with Crippen LogP contribution < -0.4 is 5.73 Å². The molecule has 6 heteroatoms. The highest BCUT2D eigenvalue weighted by atomic mass is 16.5. The lowest BCUT2D eigenvalue weighted by molar-refractivity contribution is -0.0471. The predicted octanol–water partition coefficient (Wildman–Crippen LogP) is 0.669. The normalized spacial score (nSPS) is 20.7. The van der Waals surface area contributed by atoms with Gasteiger partial charge in [-0.3, -0.25) is 4.90 Å². The van der Waals surface area contributed by atoms with Gasteiger partial charge in [0.15, 0.2) is 0 Å². The van der Waals surface area contributed by atoms with Crippen LogP contribution in [0.15, 0.2) is 6.20 Å². The Bertz CT molecular complexity index is 393. The number of hydrogen-bond acceptors (Lipinski definition) is 5. The molecule has 2 rings (SSSR count). The number of hydrogen-bond donors (Lipinski definition) is 1. The largest absolute Gasteiger partial charge is 0.374 e. The lowest BCUT2D eigenvalue weighted by Crippen LogP contribution is -2.47. The van der Waals surface area contributed by atoms with Crippen molar-refractivity contribution in [1.82, 2.24) is 19.9 Å². The van der Waals surface area contributed by atoms with Crippen LogP contribution in [0.1, 0.15) is 32.4 Å². The number of rotatable bonds is 7. The quantitative estimate of drug-likeness (QED) is 0.744. The van der Waals surface area contributed by atoms with Gasteiger partial charge in [-0.1, -0.05) is 5.21 Å². The summed E-state index contributed by atoms with van der Waals surface area (Å²) in [4.78, 5) is 2.45. The predicted molar refractivity (Wildman–Crippen MR) is 78.5 cm³/mol. The standard InChI is InChI=1S/C14H27N5O/c1-12(2)18-7-8-20-14(10-18)11-19-9-13(16-17-19)5-3-4-6-15/h9,12,14H,3-8,10-11,15H2,1-2H3. The average Bonchev–Trinajstić information content (AvgIpc) is 2.87. The monoisotopic (exact) mass is 281 g/mol. The molecule has 1 aromatic rings. The summed E-state index contributed by atoms with van der Waals surface area (Å²) in [5.74, 6) is 0. The molecular formula is C14H27N5O. The van der Waals surface area contributed by atoms with Crippen LogP contribution in [0.5, 0.6) is 0 Å². The summed E-state index contributed by atoms with van der Waals surface area (Å²) in [6, 6.07) is 0.573. The fourth-order valence-electron chi connectivity index (χ4n) is 2.52. The Labute approximate surface area is 121 Å². The molecular weight excluding hydrogens is 254 g/mol. The van der Waals surface area contributed by atoms with E-state index < -0.39 is 0 Å². The molecule has 1 saturated heterocycles. The summed E-state index contributed by atoms with van der Waals surface area (Å²) in [6.45, 7) is 8.79. The summed E-state index contributed by atoms with van der Waals surface area (Å²) in [7, 11) is 0. The summed E-state index contributed by atoms with van der Waals surface area (Å²) in [5.41, 5.74) is 6.55. The first-order valence-electron chi connectivity index (χ1n) is 7.63. The van der Waals surface area contributed by atoms with Gasteiger partial charge in [0.25, 0.3) is 0 Å². The molecule has 114 valence electrons. The molecule has 0 saturated carbocycles. The van der Waals surface area contributed by atoms with Gasteiger partial charge in [0, 0.05) is 25.3 Å². The third-order valence-electron chi connectivity index (χ3n) is 3.76. The molecule has 1 unspecified atom stereocenters. The maximum atomic E-state index is 5.82. The second kappa shape index (κ2) is 7.71. The van der Waals surface area contributed by atoms with Gasteiger partial charge < -0.3 is 10.5 Å². The smallest absolute Gasteiger partial charge is 0.0898 e. The Morgan fingerprint density at radius 3 is 3.05 bits per heavy atom. The van der Waals surface area contributed by atoms with Crippen molar-refractivity contribution in [2.75, 3.05) is 26.2 Å². The highest BCUT2D eigenvalue weighted by Crippen LogP contribution is 2.10. The van der Waals surface area contributed by atoms with E-state index in [1.807, 2.05) is 10.9 Å². The fourth-order valence-corrected chi connectivity index (χ4v) is 2.52. The molecule has 1 fully saturated rings. The Kier molecular flexibility index (Phi) is 5.94. The molecule has 1 atom stereocenters. The van der Waals surface area contributed by atoms with E-state index in [9.17, 15) is 0 Å². The number of aromatic nitrogens is 3. The van der Waals surface area contributed by atoms with Crippen molar-refractivity contribution in [2.45, 2.75) is 51.8 Å². The summed E-state index contributed by atoms with van der Waals surface area (Å²) in [5, 5.41) is 8.41. The minimum atomic E-state index is 0.213. The molecule has 0 amide bonds. The van der Waals surface area contributed by atoms with Crippen LogP contribution in [0.3, 0.4) is 0 Å². The number of morpholine rings is 1. The molecule has 0 aromatic carbocycles. The molecule has 2 N–H and O–H groups in total. The molecule has 1 aliphatic heterocycles. The molecule has 0 radical (unpaired) electrons. The second-order valence-electron chi connectivity index (χ2n) is 5.76. The van der Waals surface area contributed by atoms with Crippen molar-refractivity contribution in [2.24, 2.45) is 5.73 Å². The Morgan fingerprint density at radius 1 is 1.45 bits per heavy atom. The number of unbranched alkanes of at least 4 members (excludes halogenated alkanes) is 1. The van der Waals surface area contributed by atoms with Crippen molar-refractivity contribution < 1.29 is 4.74 Å². The van der Waals surface area contributed by atoms with Crippen LogP contribution in [0, 0.1) is 0 Å². The Morgan fingerprint density at radius 2 is 2.30 bits per heavy atom. The first-order chi connectivity index (χ1) is 9.69. The lowest BCUT2D eigenvalue weighted by Gasteiger charge is -2.35. The molecule has 1 aromatic heterocycles. The van der Waals surface area contributed by atoms with Gasteiger partial charge in [-0.2, -0.15) is 0 Å². The number of nitrogens with zero attached hydrogens (tertiary/aromatic N) is 4. The number of nitrogens with two attached hydrogens (primary N) is 1. The molecule has 0 aliphatic carbocycles. The van der Waals surface area contributed by atoms with Gasteiger partial charge in [-0.05, 0) is 39.7 Å². The van der Waals surface area contributed by atoms with Gasteiger partial charge in [-0.25, -0.2) is 4.68 Å². The van der Waals surface area contributed by atoms with E-state index in [-0.39, 0.29) is 6.10 Å². The van der Waals surface area contributed by atoms with Crippen molar-refractivity contribution in [3.05, 3.63) is 11.9 Å². The van der Waals surface area contributed by atoms with Crippen molar-refractivity contribution in [3.8, 4) is 0 Å². The maximum absolute atomic E-state index is 5.82. The van der Waals surface area contributed by atoms with Crippen LogP contribution in [-0.4, -0.2) is 58.3 Å². The Balaban J connectivity index is 1.80. The average molecular weight is 281 g/mol. The molecule has 0 spiro atoms. The van der Waals surface area contributed by atoms with Gasteiger partial charge in [0.1, 0.15) is 0 Å². The first kappa shape index (κ1) is 15.4. The summed E-state index contributed by atoms with van der Waals surface area (Å²) in [6.07, 6.45) is 5.33. The third-order valence-corrected chi connectivity index (χ3v) is 3.76. The highest BCUT2D eigenvalue weighted by molar-refractivity contribution is 4.92. The van der Waals surface area contributed by atoms with Gasteiger partial charge in [-0.15, -0.1) is 5.10 Å². The van der Waals surface area contributed by atoms with E-state index in [4.69, 9.17) is 10.5 Å². The number of aryl methyl sites for hydroxylation is 1. The molecule has 20 heavy (non-hydrogen) atoms. The van der Waals surface area contributed by atoms with Gasteiger partial charge in [0.05, 0.1) is 24.9 Å². The van der Waals surface area contributed by atoms with E-state index in [0.717, 1.165) is 57.7 Å². The van der Waals surface area contributed by atoms with E-state index in [0.29, 0.717) is 6.04 Å². The highest BCUT2D eigenvalue weighted by Gasteiger charge is 2.22. The van der Waals surface area contributed by atoms with Gasteiger partial charge in [0.2, 0.25) is 0 Å². The van der Waals surface area contributed by atoms with Crippen molar-refractivity contribution in [3.63, 3.8) is 0 Å². The minimum absolute atomic E-state index is 0.213. The summed E-state index contributed by atoms with van der Waals surface area (Å²) < 4.78 is 7.73. The van der Waals surface area contributed by atoms with E-state index in [1.54, 1.807) is 0 Å². The zero-order valence-corrected chi connectivity index (χ0v) is 12.7. The van der Waals surface area contributed by atoms with E-state index in [1.165, 1.54) is 0 Å². The van der Waals surface area contributed by atoms with Gasteiger partial charge >= 0.3 is 0 Å². The van der Waals surface area contributed by atoms with Crippen LogP contribution in [-0.2, 0) is 17.7 Å².